The fourth-order valence-electron chi connectivity index (χ4n) is 1.61. The zero-order valence-corrected chi connectivity index (χ0v) is 10.9. The molecule has 5 nitrogen and oxygen atoms in total. The van der Waals surface area contributed by atoms with Crippen LogP contribution in [0.5, 0.6) is 0 Å². The minimum atomic E-state index is -0.954. The van der Waals surface area contributed by atoms with Gasteiger partial charge in [0.2, 0.25) is 0 Å². The predicted octanol–water partition coefficient (Wildman–Crippen LogP) is 2.37. The van der Waals surface area contributed by atoms with Crippen molar-refractivity contribution in [3.8, 4) is 0 Å². The van der Waals surface area contributed by atoms with Gasteiger partial charge in [0.15, 0.2) is 0 Å². The van der Waals surface area contributed by atoms with Crippen molar-refractivity contribution >= 4 is 17.7 Å². The second kappa shape index (κ2) is 6.72. The van der Waals surface area contributed by atoms with E-state index in [1.54, 1.807) is 19.9 Å². The molecule has 0 bridgehead atoms. The topological polar surface area (TPSA) is 78.4 Å². The minimum absolute atomic E-state index is 0.0337. The number of aryl methyl sites for hydroxylation is 1. The number of carbonyl (C=O) groups is 2. The van der Waals surface area contributed by atoms with Gasteiger partial charge in [0.25, 0.3) is 0 Å². The van der Waals surface area contributed by atoms with Crippen LogP contribution >= 0.6 is 0 Å². The summed E-state index contributed by atoms with van der Waals surface area (Å²) in [5.74, 6) is -2.02. The highest BCUT2D eigenvalue weighted by Crippen LogP contribution is 2.13. The van der Waals surface area contributed by atoms with E-state index in [2.05, 4.69) is 10.6 Å². The Morgan fingerprint density at radius 2 is 2.05 bits per heavy atom. The molecule has 0 fully saturated rings. The van der Waals surface area contributed by atoms with Crippen LogP contribution in [0, 0.1) is 18.7 Å². The SMILES string of the molecule is CCC(CNC(=O)Nc1cc(C)cc(F)c1)C(=O)O. The minimum Gasteiger partial charge on any atom is -0.481 e. The van der Waals surface area contributed by atoms with Crippen molar-refractivity contribution in [3.63, 3.8) is 0 Å². The predicted molar refractivity (Wildman–Crippen MR) is 69.6 cm³/mol. The summed E-state index contributed by atoms with van der Waals surface area (Å²) < 4.78 is 13.1. The molecule has 0 aliphatic carbocycles. The van der Waals surface area contributed by atoms with E-state index in [4.69, 9.17) is 5.11 Å². The lowest BCUT2D eigenvalue weighted by Crippen LogP contribution is -2.35. The highest BCUT2D eigenvalue weighted by atomic mass is 19.1. The van der Waals surface area contributed by atoms with Crippen molar-refractivity contribution < 1.29 is 19.1 Å². The number of halogens is 1. The molecule has 0 radical (unpaired) electrons. The average molecular weight is 268 g/mol. The van der Waals surface area contributed by atoms with Gasteiger partial charge in [0.1, 0.15) is 5.82 Å². The maximum absolute atomic E-state index is 13.1. The number of hydrogen-bond acceptors (Lipinski definition) is 2. The van der Waals surface area contributed by atoms with E-state index in [0.29, 0.717) is 17.7 Å². The zero-order chi connectivity index (χ0) is 14.4. The fourth-order valence-corrected chi connectivity index (χ4v) is 1.61. The van der Waals surface area contributed by atoms with E-state index in [1.807, 2.05) is 0 Å². The van der Waals surface area contributed by atoms with Gasteiger partial charge in [0.05, 0.1) is 5.92 Å². The van der Waals surface area contributed by atoms with Crippen LogP contribution < -0.4 is 10.6 Å². The molecule has 0 heterocycles. The first-order valence-electron chi connectivity index (χ1n) is 5.97. The quantitative estimate of drug-likeness (QED) is 0.767. The van der Waals surface area contributed by atoms with Crippen LogP contribution in [0.1, 0.15) is 18.9 Å². The first-order chi connectivity index (χ1) is 8.92. The van der Waals surface area contributed by atoms with Crippen molar-refractivity contribution in [2.24, 2.45) is 5.92 Å². The van der Waals surface area contributed by atoms with Gasteiger partial charge in [-0.25, -0.2) is 9.18 Å². The van der Waals surface area contributed by atoms with Crippen LogP contribution in [0.4, 0.5) is 14.9 Å². The Hall–Kier alpha value is -2.11. The number of benzene rings is 1. The van der Waals surface area contributed by atoms with Crippen molar-refractivity contribution in [1.82, 2.24) is 5.32 Å². The van der Waals surface area contributed by atoms with Crippen LogP contribution in [0.2, 0.25) is 0 Å². The Balaban J connectivity index is 2.53. The Labute approximate surface area is 110 Å². The molecule has 6 heteroatoms. The lowest BCUT2D eigenvalue weighted by Gasteiger charge is -2.12. The molecule has 0 aliphatic heterocycles. The molecule has 19 heavy (non-hydrogen) atoms. The van der Waals surface area contributed by atoms with E-state index in [0.717, 1.165) is 0 Å². The summed E-state index contributed by atoms with van der Waals surface area (Å²) in [6.07, 6.45) is 0.425. The summed E-state index contributed by atoms with van der Waals surface area (Å²) in [6.45, 7) is 3.48. The van der Waals surface area contributed by atoms with Crippen molar-refractivity contribution in [3.05, 3.63) is 29.6 Å². The molecule has 104 valence electrons. The van der Waals surface area contributed by atoms with Crippen molar-refractivity contribution in [2.75, 3.05) is 11.9 Å². The number of aliphatic carboxylic acids is 1. The van der Waals surface area contributed by atoms with Crippen LogP contribution in [0.25, 0.3) is 0 Å². The summed E-state index contributed by atoms with van der Waals surface area (Å²) in [5, 5.41) is 13.7. The third-order valence-electron chi connectivity index (χ3n) is 2.65. The summed E-state index contributed by atoms with van der Waals surface area (Å²) in [6, 6.07) is 3.61. The monoisotopic (exact) mass is 268 g/mol. The summed E-state index contributed by atoms with van der Waals surface area (Å²) >= 11 is 0. The zero-order valence-electron chi connectivity index (χ0n) is 10.9. The second-order valence-electron chi connectivity index (χ2n) is 4.30. The molecule has 0 aromatic heterocycles. The summed E-state index contributed by atoms with van der Waals surface area (Å²) in [5.41, 5.74) is 1.02. The van der Waals surface area contributed by atoms with Crippen molar-refractivity contribution in [2.45, 2.75) is 20.3 Å². The Bertz CT molecular complexity index is 457. The number of hydrogen-bond donors (Lipinski definition) is 3. The standard InChI is InChI=1S/C13H17FN2O3/c1-3-9(12(17)18)7-15-13(19)16-11-5-8(2)4-10(14)6-11/h4-6,9H,3,7H2,1-2H3,(H,17,18)(H2,15,16,19). The molecular weight excluding hydrogens is 251 g/mol. The van der Waals surface area contributed by atoms with E-state index in [9.17, 15) is 14.0 Å². The Morgan fingerprint density at radius 1 is 1.37 bits per heavy atom. The summed E-state index contributed by atoms with van der Waals surface area (Å²) in [7, 11) is 0. The largest absolute Gasteiger partial charge is 0.481 e. The number of anilines is 1. The number of nitrogens with one attached hydrogen (secondary N) is 2. The molecule has 1 atom stereocenters. The molecule has 0 saturated heterocycles. The molecule has 0 spiro atoms. The maximum atomic E-state index is 13.1. The number of rotatable bonds is 5. The molecule has 3 N–H and O–H groups in total. The highest BCUT2D eigenvalue weighted by Gasteiger charge is 2.15. The van der Waals surface area contributed by atoms with Crippen LogP contribution in [0.15, 0.2) is 18.2 Å². The molecular formula is C13H17FN2O3. The van der Waals surface area contributed by atoms with E-state index < -0.39 is 23.7 Å². The first kappa shape index (κ1) is 14.9. The Morgan fingerprint density at radius 3 is 2.58 bits per heavy atom. The molecule has 1 unspecified atom stereocenters. The summed E-state index contributed by atoms with van der Waals surface area (Å²) in [4.78, 5) is 22.3. The van der Waals surface area contributed by atoms with Gasteiger partial charge in [-0.3, -0.25) is 4.79 Å². The Kier molecular flexibility index (Phi) is 5.29. The van der Waals surface area contributed by atoms with Gasteiger partial charge in [-0.1, -0.05) is 6.92 Å². The molecule has 1 rings (SSSR count). The van der Waals surface area contributed by atoms with Gasteiger partial charge < -0.3 is 15.7 Å². The molecule has 0 aliphatic rings. The number of urea groups is 1. The third kappa shape index (κ3) is 4.95. The molecule has 1 aromatic rings. The van der Waals surface area contributed by atoms with Gasteiger partial charge in [-0.05, 0) is 37.1 Å². The maximum Gasteiger partial charge on any atom is 0.319 e. The first-order valence-corrected chi connectivity index (χ1v) is 5.97. The van der Waals surface area contributed by atoms with Crippen LogP contribution in [-0.2, 0) is 4.79 Å². The van der Waals surface area contributed by atoms with E-state index >= 15 is 0 Å². The van der Waals surface area contributed by atoms with Gasteiger partial charge >= 0.3 is 12.0 Å². The average Bonchev–Trinajstić information content (AvgIpc) is 2.27. The highest BCUT2D eigenvalue weighted by molar-refractivity contribution is 5.89. The smallest absolute Gasteiger partial charge is 0.319 e. The van der Waals surface area contributed by atoms with Gasteiger partial charge in [0, 0.05) is 12.2 Å². The van der Waals surface area contributed by atoms with E-state index in [1.165, 1.54) is 12.1 Å². The van der Waals surface area contributed by atoms with Gasteiger partial charge in [-0.15, -0.1) is 0 Å². The van der Waals surface area contributed by atoms with Crippen LogP contribution in [0.3, 0.4) is 0 Å². The number of carboxylic acid groups (broad SMARTS) is 1. The normalized spacial score (nSPS) is 11.7. The molecule has 0 saturated carbocycles. The lowest BCUT2D eigenvalue weighted by atomic mass is 10.1. The third-order valence-corrected chi connectivity index (χ3v) is 2.65. The van der Waals surface area contributed by atoms with Crippen LogP contribution in [-0.4, -0.2) is 23.7 Å². The fraction of sp³-hybridized carbons (Fsp3) is 0.385. The second-order valence-corrected chi connectivity index (χ2v) is 4.30. The van der Waals surface area contributed by atoms with E-state index in [-0.39, 0.29) is 6.54 Å². The number of amides is 2. The van der Waals surface area contributed by atoms with Crippen molar-refractivity contribution in [1.29, 1.82) is 0 Å². The number of carbonyl (C=O) groups excluding carboxylic acids is 1. The molecule has 2 amide bonds. The van der Waals surface area contributed by atoms with Gasteiger partial charge in [-0.2, -0.15) is 0 Å². The lowest BCUT2D eigenvalue weighted by molar-refractivity contribution is -0.141. The molecule has 1 aromatic carbocycles. The number of carboxylic acids is 1.